The van der Waals surface area contributed by atoms with Crippen LogP contribution < -0.4 is 5.32 Å². The molecule has 0 aliphatic rings. The molecule has 0 aliphatic heterocycles. The molecule has 0 fully saturated rings. The summed E-state index contributed by atoms with van der Waals surface area (Å²) >= 11 is 0. The van der Waals surface area contributed by atoms with Gasteiger partial charge in [0.25, 0.3) is 0 Å². The van der Waals surface area contributed by atoms with Crippen molar-refractivity contribution < 1.29 is 9.05 Å². The lowest BCUT2D eigenvalue weighted by atomic mass is 10.0. The molecule has 4 aromatic rings. The van der Waals surface area contributed by atoms with E-state index >= 15 is 0 Å². The molecule has 0 bridgehead atoms. The fourth-order valence-electron chi connectivity index (χ4n) is 3.26. The van der Waals surface area contributed by atoms with Crippen LogP contribution in [-0.4, -0.2) is 36.8 Å². The summed E-state index contributed by atoms with van der Waals surface area (Å²) in [4.78, 5) is 17.8. The summed E-state index contributed by atoms with van der Waals surface area (Å²) in [6.07, 6.45) is 7.46. The van der Waals surface area contributed by atoms with Crippen LogP contribution in [0.5, 0.6) is 0 Å². The molecule has 0 aromatic carbocycles. The van der Waals surface area contributed by atoms with E-state index in [1.54, 1.807) is 24.8 Å². The first-order valence-electron chi connectivity index (χ1n) is 9.27. The van der Waals surface area contributed by atoms with Crippen LogP contribution in [0, 0.1) is 27.7 Å². The van der Waals surface area contributed by atoms with Crippen molar-refractivity contribution in [3.63, 3.8) is 0 Å². The zero-order valence-corrected chi connectivity index (χ0v) is 16.7. The zero-order valence-electron chi connectivity index (χ0n) is 16.7. The summed E-state index contributed by atoms with van der Waals surface area (Å²) in [6.45, 7) is 8.25. The Morgan fingerprint density at radius 2 is 1.69 bits per heavy atom. The standard InChI is InChI=1S/C20H21N7O2/c1-11-15(13(3)28-26-11)5-6-23-20-24-9-16(17-10-21-7-8-22-17)19(25-20)18-12(2)27-29-14(18)4/h7-10H,5-6H2,1-4H3,(H,23,24,25). The van der Waals surface area contributed by atoms with Gasteiger partial charge in [0, 0.05) is 36.3 Å². The highest BCUT2D eigenvalue weighted by molar-refractivity contribution is 5.80. The predicted octanol–water partition coefficient (Wildman–Crippen LogP) is 3.46. The highest BCUT2D eigenvalue weighted by atomic mass is 16.5. The molecule has 1 N–H and O–H groups in total. The fraction of sp³-hybridized carbons (Fsp3) is 0.300. The van der Waals surface area contributed by atoms with Gasteiger partial charge in [-0.3, -0.25) is 9.97 Å². The van der Waals surface area contributed by atoms with Gasteiger partial charge < -0.3 is 14.4 Å². The average Bonchev–Trinajstić information content (AvgIpc) is 3.23. The molecule has 0 amide bonds. The quantitative estimate of drug-likeness (QED) is 0.527. The van der Waals surface area contributed by atoms with Gasteiger partial charge in [0.05, 0.1) is 34.5 Å². The van der Waals surface area contributed by atoms with Crippen LogP contribution in [0.15, 0.2) is 33.8 Å². The van der Waals surface area contributed by atoms with Gasteiger partial charge in [0.2, 0.25) is 5.95 Å². The molecular formula is C20H21N7O2. The Hall–Kier alpha value is -3.62. The summed E-state index contributed by atoms with van der Waals surface area (Å²) in [5, 5.41) is 11.3. The number of nitrogens with zero attached hydrogens (tertiary/aromatic N) is 6. The minimum Gasteiger partial charge on any atom is -0.361 e. The second-order valence-corrected chi connectivity index (χ2v) is 6.73. The van der Waals surface area contributed by atoms with Crippen molar-refractivity contribution in [2.45, 2.75) is 34.1 Å². The molecule has 4 rings (SSSR count). The Morgan fingerprint density at radius 3 is 2.34 bits per heavy atom. The van der Waals surface area contributed by atoms with E-state index in [2.05, 4.69) is 30.6 Å². The molecule has 0 saturated heterocycles. The van der Waals surface area contributed by atoms with Gasteiger partial charge in [-0.1, -0.05) is 10.3 Å². The molecule has 0 aliphatic carbocycles. The van der Waals surface area contributed by atoms with Crippen LogP contribution in [0.25, 0.3) is 22.5 Å². The molecule has 4 aromatic heterocycles. The largest absolute Gasteiger partial charge is 0.361 e. The van der Waals surface area contributed by atoms with Crippen LogP contribution in [0.4, 0.5) is 5.95 Å². The molecule has 9 heteroatoms. The van der Waals surface area contributed by atoms with Crippen molar-refractivity contribution >= 4 is 5.95 Å². The van der Waals surface area contributed by atoms with Gasteiger partial charge in [-0.25, -0.2) is 9.97 Å². The normalized spacial score (nSPS) is 11.0. The second-order valence-electron chi connectivity index (χ2n) is 6.73. The van der Waals surface area contributed by atoms with Gasteiger partial charge >= 0.3 is 0 Å². The molecule has 0 unspecified atom stereocenters. The van der Waals surface area contributed by atoms with E-state index in [1.807, 2.05) is 27.7 Å². The summed E-state index contributed by atoms with van der Waals surface area (Å²) < 4.78 is 10.6. The predicted molar refractivity (Wildman–Crippen MR) is 106 cm³/mol. The maximum Gasteiger partial charge on any atom is 0.223 e. The lowest BCUT2D eigenvalue weighted by Gasteiger charge is -2.11. The molecule has 0 spiro atoms. The lowest BCUT2D eigenvalue weighted by Crippen LogP contribution is -2.10. The zero-order chi connectivity index (χ0) is 20.4. The third-order valence-electron chi connectivity index (χ3n) is 4.74. The van der Waals surface area contributed by atoms with E-state index in [0.717, 1.165) is 40.3 Å². The molecule has 9 nitrogen and oxygen atoms in total. The van der Waals surface area contributed by atoms with Gasteiger partial charge in [0.15, 0.2) is 0 Å². The van der Waals surface area contributed by atoms with Crippen molar-refractivity contribution in [1.82, 2.24) is 30.2 Å². The van der Waals surface area contributed by atoms with Crippen molar-refractivity contribution in [3.8, 4) is 22.5 Å². The Kier molecular flexibility index (Phi) is 5.03. The van der Waals surface area contributed by atoms with Gasteiger partial charge in [0.1, 0.15) is 11.5 Å². The number of aryl methyl sites for hydroxylation is 4. The van der Waals surface area contributed by atoms with E-state index in [0.29, 0.717) is 29.6 Å². The SMILES string of the molecule is Cc1noc(C)c1CCNc1ncc(-c2cnccn2)c(-c2c(C)noc2C)n1. The third-order valence-corrected chi connectivity index (χ3v) is 4.74. The van der Waals surface area contributed by atoms with Crippen LogP contribution in [0.3, 0.4) is 0 Å². The smallest absolute Gasteiger partial charge is 0.223 e. The molecule has 0 atom stereocenters. The Morgan fingerprint density at radius 1 is 0.897 bits per heavy atom. The molecule has 0 radical (unpaired) electrons. The molecular weight excluding hydrogens is 370 g/mol. The third kappa shape index (κ3) is 3.71. The number of anilines is 1. The van der Waals surface area contributed by atoms with Crippen molar-refractivity contribution in [2.75, 3.05) is 11.9 Å². The van der Waals surface area contributed by atoms with E-state index < -0.39 is 0 Å². The van der Waals surface area contributed by atoms with Gasteiger partial charge in [-0.15, -0.1) is 0 Å². The van der Waals surface area contributed by atoms with Gasteiger partial charge in [-0.2, -0.15) is 0 Å². The fourth-order valence-corrected chi connectivity index (χ4v) is 3.26. The van der Waals surface area contributed by atoms with Crippen molar-refractivity contribution in [1.29, 1.82) is 0 Å². The maximum absolute atomic E-state index is 5.35. The second kappa shape index (κ2) is 7.78. The lowest BCUT2D eigenvalue weighted by molar-refractivity contribution is 0.392. The number of hydrogen-bond donors (Lipinski definition) is 1. The average molecular weight is 391 g/mol. The topological polar surface area (TPSA) is 116 Å². The summed E-state index contributed by atoms with van der Waals surface area (Å²) in [5.41, 5.74) is 5.75. The first-order chi connectivity index (χ1) is 14.0. The minimum atomic E-state index is 0.513. The van der Waals surface area contributed by atoms with Gasteiger partial charge in [-0.05, 0) is 34.1 Å². The molecule has 148 valence electrons. The molecule has 0 saturated carbocycles. The first kappa shape index (κ1) is 18.7. The van der Waals surface area contributed by atoms with E-state index in [-0.39, 0.29) is 0 Å². The molecule has 4 heterocycles. The minimum absolute atomic E-state index is 0.513. The number of aromatic nitrogens is 6. The van der Waals surface area contributed by atoms with Crippen LogP contribution >= 0.6 is 0 Å². The number of nitrogens with one attached hydrogen (secondary N) is 1. The number of rotatable bonds is 6. The monoisotopic (exact) mass is 391 g/mol. The Balaban J connectivity index is 1.66. The first-order valence-corrected chi connectivity index (χ1v) is 9.27. The van der Waals surface area contributed by atoms with E-state index in [9.17, 15) is 0 Å². The Labute approximate surface area is 167 Å². The summed E-state index contributed by atoms with van der Waals surface area (Å²) in [7, 11) is 0. The van der Waals surface area contributed by atoms with E-state index in [1.165, 1.54) is 0 Å². The van der Waals surface area contributed by atoms with Crippen LogP contribution in [-0.2, 0) is 6.42 Å². The van der Waals surface area contributed by atoms with Crippen LogP contribution in [0.1, 0.15) is 28.5 Å². The van der Waals surface area contributed by atoms with Crippen molar-refractivity contribution in [2.24, 2.45) is 0 Å². The number of hydrogen-bond acceptors (Lipinski definition) is 9. The van der Waals surface area contributed by atoms with Crippen molar-refractivity contribution in [3.05, 3.63) is 53.3 Å². The maximum atomic E-state index is 5.35. The summed E-state index contributed by atoms with van der Waals surface area (Å²) in [5.74, 6) is 2.03. The highest BCUT2D eigenvalue weighted by Gasteiger charge is 2.20. The van der Waals surface area contributed by atoms with E-state index in [4.69, 9.17) is 14.0 Å². The highest BCUT2D eigenvalue weighted by Crippen LogP contribution is 2.33. The summed E-state index contributed by atoms with van der Waals surface area (Å²) in [6, 6.07) is 0. The van der Waals surface area contributed by atoms with Crippen LogP contribution in [0.2, 0.25) is 0 Å². The molecule has 29 heavy (non-hydrogen) atoms. The Bertz CT molecular complexity index is 1100.